The molecule has 6 heteroatoms. The van der Waals surface area contributed by atoms with Gasteiger partial charge in [-0.3, -0.25) is 0 Å². The second-order valence-electron chi connectivity index (χ2n) is 7.21. The van der Waals surface area contributed by atoms with Crippen LogP contribution in [0.5, 0.6) is 5.75 Å². The third-order valence-corrected chi connectivity index (χ3v) is 5.22. The van der Waals surface area contributed by atoms with Crippen molar-refractivity contribution in [3.05, 3.63) is 64.7 Å². The van der Waals surface area contributed by atoms with Gasteiger partial charge in [0.2, 0.25) is 5.82 Å². The smallest absolute Gasteiger partial charge is 0.343 e. The van der Waals surface area contributed by atoms with Crippen LogP contribution in [0.15, 0.2) is 36.4 Å². The van der Waals surface area contributed by atoms with Gasteiger partial charge >= 0.3 is 5.97 Å². The maximum Gasteiger partial charge on any atom is 0.343 e. The first-order valence-corrected chi connectivity index (χ1v) is 9.85. The van der Waals surface area contributed by atoms with E-state index < -0.39 is 28.9 Å². The number of nitrogens with zero attached hydrogens (tertiary/aromatic N) is 1. The Morgan fingerprint density at radius 1 is 1.07 bits per heavy atom. The van der Waals surface area contributed by atoms with Gasteiger partial charge in [-0.2, -0.15) is 9.65 Å². The van der Waals surface area contributed by atoms with Gasteiger partial charge in [-0.25, -0.2) is 9.18 Å². The van der Waals surface area contributed by atoms with Crippen molar-refractivity contribution in [3.8, 4) is 11.8 Å². The molecule has 29 heavy (non-hydrogen) atoms. The van der Waals surface area contributed by atoms with Crippen molar-refractivity contribution in [3.63, 3.8) is 0 Å². The molecule has 0 aromatic heterocycles. The molecule has 0 unspecified atom stereocenters. The standard InChI is InChI=1S/C23H23F2NO3/c1-2-13-28-19-10-7-16(8-11-19)15-3-5-17(6-4-15)23(27)29-20-12-9-18(14-26)21(24)22(20)25/h3-6,9,12,16,19H,2,7-8,10-11,13H2,1H3/t16-,19-. The van der Waals surface area contributed by atoms with Crippen LogP contribution in [0, 0.1) is 23.0 Å². The number of hydrogen-bond acceptors (Lipinski definition) is 4. The summed E-state index contributed by atoms with van der Waals surface area (Å²) >= 11 is 0. The predicted molar refractivity (Wildman–Crippen MR) is 104 cm³/mol. The Bertz CT molecular complexity index is 898. The Labute approximate surface area is 169 Å². The van der Waals surface area contributed by atoms with Gasteiger partial charge < -0.3 is 9.47 Å². The minimum absolute atomic E-state index is 0.248. The van der Waals surface area contributed by atoms with Crippen LogP contribution in [0.4, 0.5) is 8.78 Å². The Hall–Kier alpha value is -2.78. The number of halogens is 2. The molecule has 1 aliphatic rings. The SMILES string of the molecule is CCCO[C@H]1CC[C@H](c2ccc(C(=O)Oc3ccc(C#N)c(F)c3F)cc2)CC1. The highest BCUT2D eigenvalue weighted by Gasteiger charge is 2.23. The summed E-state index contributed by atoms with van der Waals surface area (Å²) in [5, 5.41) is 8.71. The molecule has 0 spiro atoms. The highest BCUT2D eigenvalue weighted by Crippen LogP contribution is 2.34. The normalized spacial score (nSPS) is 18.8. The van der Waals surface area contributed by atoms with Gasteiger partial charge in [0.1, 0.15) is 6.07 Å². The Morgan fingerprint density at radius 2 is 1.76 bits per heavy atom. The van der Waals surface area contributed by atoms with Crippen molar-refractivity contribution in [1.82, 2.24) is 0 Å². The van der Waals surface area contributed by atoms with Crippen LogP contribution in [-0.4, -0.2) is 18.7 Å². The molecule has 0 radical (unpaired) electrons. The number of nitriles is 1. The third kappa shape index (κ3) is 4.99. The summed E-state index contributed by atoms with van der Waals surface area (Å²) < 4.78 is 38.4. The summed E-state index contributed by atoms with van der Waals surface area (Å²) in [6, 6.07) is 10.7. The Kier molecular flexibility index (Phi) is 6.95. The van der Waals surface area contributed by atoms with Gasteiger partial charge in [0.25, 0.3) is 0 Å². The van der Waals surface area contributed by atoms with Crippen molar-refractivity contribution in [2.75, 3.05) is 6.61 Å². The molecule has 1 saturated carbocycles. The fraction of sp³-hybridized carbons (Fsp3) is 0.391. The summed E-state index contributed by atoms with van der Waals surface area (Å²) in [5.74, 6) is -3.58. The lowest BCUT2D eigenvalue weighted by Gasteiger charge is -2.28. The number of carbonyl (C=O) groups is 1. The molecule has 1 aliphatic carbocycles. The molecule has 3 rings (SSSR count). The van der Waals surface area contributed by atoms with Gasteiger partial charge in [0.15, 0.2) is 11.6 Å². The number of carbonyl (C=O) groups excluding carboxylic acids is 1. The van der Waals surface area contributed by atoms with E-state index in [2.05, 4.69) is 6.92 Å². The maximum atomic E-state index is 13.9. The van der Waals surface area contributed by atoms with E-state index in [1.807, 2.05) is 12.1 Å². The van der Waals surface area contributed by atoms with Crippen LogP contribution in [-0.2, 0) is 4.74 Å². The zero-order chi connectivity index (χ0) is 20.8. The fourth-order valence-corrected chi connectivity index (χ4v) is 3.59. The van der Waals surface area contributed by atoms with Gasteiger partial charge in [-0.1, -0.05) is 19.1 Å². The van der Waals surface area contributed by atoms with E-state index in [1.54, 1.807) is 12.1 Å². The average Bonchev–Trinajstić information content (AvgIpc) is 2.76. The molecule has 1 fully saturated rings. The minimum atomic E-state index is -1.35. The molecule has 0 aliphatic heterocycles. The topological polar surface area (TPSA) is 59.3 Å². The van der Waals surface area contributed by atoms with E-state index in [1.165, 1.54) is 6.07 Å². The van der Waals surface area contributed by atoms with Gasteiger partial charge in [0.05, 0.1) is 17.2 Å². The van der Waals surface area contributed by atoms with Gasteiger partial charge in [-0.15, -0.1) is 0 Å². The van der Waals surface area contributed by atoms with E-state index in [4.69, 9.17) is 14.7 Å². The zero-order valence-electron chi connectivity index (χ0n) is 16.3. The summed E-state index contributed by atoms with van der Waals surface area (Å²) in [6.45, 7) is 2.90. The Morgan fingerprint density at radius 3 is 2.38 bits per heavy atom. The molecule has 0 amide bonds. The summed E-state index contributed by atoms with van der Waals surface area (Å²) in [4.78, 5) is 12.3. The van der Waals surface area contributed by atoms with Gasteiger partial charge in [0, 0.05) is 6.61 Å². The van der Waals surface area contributed by atoms with Crippen molar-refractivity contribution >= 4 is 5.97 Å². The molecule has 0 bridgehead atoms. The molecule has 0 N–H and O–H groups in total. The minimum Gasteiger partial charge on any atom is -0.420 e. The lowest BCUT2D eigenvalue weighted by Crippen LogP contribution is -2.21. The number of ether oxygens (including phenoxy) is 2. The summed E-state index contributed by atoms with van der Waals surface area (Å²) in [6.07, 6.45) is 5.48. The lowest BCUT2D eigenvalue weighted by atomic mass is 9.82. The molecular weight excluding hydrogens is 376 g/mol. The molecule has 4 nitrogen and oxygen atoms in total. The van der Waals surface area contributed by atoms with E-state index >= 15 is 0 Å². The molecule has 2 aromatic rings. The first-order valence-electron chi connectivity index (χ1n) is 9.85. The number of rotatable bonds is 6. The second-order valence-corrected chi connectivity index (χ2v) is 7.21. The van der Waals surface area contributed by atoms with E-state index in [0.29, 0.717) is 12.0 Å². The number of hydrogen-bond donors (Lipinski definition) is 0. The van der Waals surface area contributed by atoms with Crippen LogP contribution in [0.3, 0.4) is 0 Å². The van der Waals surface area contributed by atoms with Crippen molar-refractivity contribution in [2.45, 2.75) is 51.0 Å². The quantitative estimate of drug-likeness (QED) is 0.475. The highest BCUT2D eigenvalue weighted by atomic mass is 19.2. The lowest BCUT2D eigenvalue weighted by molar-refractivity contribution is 0.0251. The van der Waals surface area contributed by atoms with Crippen molar-refractivity contribution < 1.29 is 23.0 Å². The monoisotopic (exact) mass is 399 g/mol. The van der Waals surface area contributed by atoms with Gasteiger partial charge in [-0.05, 0) is 67.9 Å². The first-order chi connectivity index (χ1) is 14.0. The van der Waals surface area contributed by atoms with E-state index in [0.717, 1.165) is 56.4 Å². The van der Waals surface area contributed by atoms with Crippen LogP contribution in [0.2, 0.25) is 0 Å². The molecule has 0 saturated heterocycles. The second kappa shape index (κ2) is 9.62. The molecule has 2 aromatic carbocycles. The number of benzene rings is 2. The van der Waals surface area contributed by atoms with Crippen molar-refractivity contribution in [1.29, 1.82) is 5.26 Å². The van der Waals surface area contributed by atoms with E-state index in [-0.39, 0.29) is 5.56 Å². The first kappa shape index (κ1) is 20.9. The largest absolute Gasteiger partial charge is 0.420 e. The molecule has 152 valence electrons. The fourth-order valence-electron chi connectivity index (χ4n) is 3.59. The van der Waals surface area contributed by atoms with Crippen LogP contribution in [0.25, 0.3) is 0 Å². The maximum absolute atomic E-state index is 13.9. The predicted octanol–water partition coefficient (Wildman–Crippen LogP) is 5.51. The summed E-state index contributed by atoms with van der Waals surface area (Å²) in [7, 11) is 0. The zero-order valence-corrected chi connectivity index (χ0v) is 16.3. The highest BCUT2D eigenvalue weighted by molar-refractivity contribution is 5.91. The van der Waals surface area contributed by atoms with Crippen LogP contribution < -0.4 is 4.74 Å². The third-order valence-electron chi connectivity index (χ3n) is 5.22. The number of esters is 1. The molecular formula is C23H23F2NO3. The average molecular weight is 399 g/mol. The molecule has 0 heterocycles. The Balaban J connectivity index is 1.61. The molecule has 0 atom stereocenters. The van der Waals surface area contributed by atoms with Crippen LogP contribution in [0.1, 0.15) is 66.4 Å². The van der Waals surface area contributed by atoms with E-state index in [9.17, 15) is 13.6 Å². The van der Waals surface area contributed by atoms with Crippen LogP contribution >= 0.6 is 0 Å². The van der Waals surface area contributed by atoms with Crippen molar-refractivity contribution in [2.24, 2.45) is 0 Å². The summed E-state index contributed by atoms with van der Waals surface area (Å²) in [5.41, 5.74) is 0.949.